The molecule has 0 aliphatic carbocycles. The van der Waals surface area contributed by atoms with E-state index in [1.807, 2.05) is 114 Å². The number of hydrogen-bond donors (Lipinski definition) is 0. The maximum atomic E-state index is 12.9. The molecule has 0 spiro atoms. The van der Waals surface area contributed by atoms with Gasteiger partial charge in [0.15, 0.2) is 6.10 Å². The van der Waals surface area contributed by atoms with Crippen molar-refractivity contribution < 1.29 is 14.3 Å². The lowest BCUT2D eigenvalue weighted by molar-refractivity contribution is -0.150. The SMILES string of the molecule is O=C(Cc1ccccc1)OC(COc1ccccc1)Cn1nc(-c2ccccc2)cc1-c1ccccc1. The van der Waals surface area contributed by atoms with Gasteiger partial charge in [0.05, 0.1) is 24.4 Å². The van der Waals surface area contributed by atoms with Crippen molar-refractivity contribution in [2.24, 2.45) is 0 Å². The molecule has 4 aromatic carbocycles. The molecule has 0 saturated carbocycles. The first-order valence-corrected chi connectivity index (χ1v) is 12.3. The van der Waals surface area contributed by atoms with E-state index in [1.54, 1.807) is 0 Å². The van der Waals surface area contributed by atoms with E-state index >= 15 is 0 Å². The molecule has 1 heterocycles. The van der Waals surface area contributed by atoms with Crippen molar-refractivity contribution in [3.05, 3.63) is 133 Å². The van der Waals surface area contributed by atoms with Gasteiger partial charge < -0.3 is 9.47 Å². The minimum Gasteiger partial charge on any atom is -0.490 e. The molecule has 0 aliphatic rings. The van der Waals surface area contributed by atoms with Crippen LogP contribution in [-0.4, -0.2) is 28.5 Å². The van der Waals surface area contributed by atoms with Gasteiger partial charge in [0.1, 0.15) is 12.4 Å². The Hall–Kier alpha value is -4.64. The summed E-state index contributed by atoms with van der Waals surface area (Å²) in [5.41, 5.74) is 4.78. The zero-order chi connectivity index (χ0) is 25.3. The molecule has 0 bridgehead atoms. The molecule has 0 fully saturated rings. The summed E-state index contributed by atoms with van der Waals surface area (Å²) in [7, 11) is 0. The summed E-state index contributed by atoms with van der Waals surface area (Å²) in [5.74, 6) is 0.421. The second kappa shape index (κ2) is 11.9. The lowest BCUT2D eigenvalue weighted by atomic mass is 10.1. The van der Waals surface area contributed by atoms with Crippen molar-refractivity contribution in [1.29, 1.82) is 0 Å². The molecule has 0 radical (unpaired) electrons. The molecule has 5 heteroatoms. The smallest absolute Gasteiger partial charge is 0.310 e. The Labute approximate surface area is 216 Å². The summed E-state index contributed by atoms with van der Waals surface area (Å²) in [6.07, 6.45) is -0.342. The third-order valence-electron chi connectivity index (χ3n) is 5.96. The van der Waals surface area contributed by atoms with Crippen molar-refractivity contribution in [1.82, 2.24) is 9.78 Å². The minimum absolute atomic E-state index is 0.197. The van der Waals surface area contributed by atoms with E-state index in [-0.39, 0.29) is 19.0 Å². The fourth-order valence-electron chi connectivity index (χ4n) is 4.16. The molecule has 5 rings (SSSR count). The molecule has 0 aliphatic heterocycles. The third-order valence-corrected chi connectivity index (χ3v) is 5.96. The highest BCUT2D eigenvalue weighted by atomic mass is 16.6. The highest BCUT2D eigenvalue weighted by Crippen LogP contribution is 2.27. The molecule has 1 unspecified atom stereocenters. The lowest BCUT2D eigenvalue weighted by Crippen LogP contribution is -2.31. The van der Waals surface area contributed by atoms with Crippen molar-refractivity contribution >= 4 is 5.97 Å². The predicted octanol–water partition coefficient (Wildman–Crippen LogP) is 6.45. The first-order chi connectivity index (χ1) is 18.2. The van der Waals surface area contributed by atoms with Gasteiger partial charge in [-0.25, -0.2) is 0 Å². The second-order valence-electron chi connectivity index (χ2n) is 8.73. The molecule has 0 amide bonds. The van der Waals surface area contributed by atoms with Crippen LogP contribution in [0.4, 0.5) is 0 Å². The Bertz CT molecular complexity index is 1400. The van der Waals surface area contributed by atoms with Crippen LogP contribution in [0.15, 0.2) is 127 Å². The topological polar surface area (TPSA) is 53.4 Å². The van der Waals surface area contributed by atoms with E-state index in [9.17, 15) is 4.79 Å². The number of rotatable bonds is 10. The fourth-order valence-corrected chi connectivity index (χ4v) is 4.16. The Balaban J connectivity index is 1.42. The van der Waals surface area contributed by atoms with Gasteiger partial charge in [-0.2, -0.15) is 5.10 Å². The number of carbonyl (C=O) groups excluding carboxylic acids is 1. The molecule has 5 nitrogen and oxygen atoms in total. The molecule has 0 N–H and O–H groups in total. The first kappa shape index (κ1) is 24.1. The molecular formula is C32H28N2O3. The monoisotopic (exact) mass is 488 g/mol. The maximum Gasteiger partial charge on any atom is 0.310 e. The normalized spacial score (nSPS) is 11.6. The lowest BCUT2D eigenvalue weighted by Gasteiger charge is -2.20. The molecule has 0 saturated heterocycles. The Morgan fingerprint density at radius 2 is 1.30 bits per heavy atom. The summed E-state index contributed by atoms with van der Waals surface area (Å²) < 4.78 is 13.9. The highest BCUT2D eigenvalue weighted by Gasteiger charge is 2.21. The Morgan fingerprint density at radius 3 is 1.95 bits per heavy atom. The van der Waals surface area contributed by atoms with Crippen LogP contribution >= 0.6 is 0 Å². The van der Waals surface area contributed by atoms with Gasteiger partial charge in [-0.05, 0) is 29.3 Å². The van der Waals surface area contributed by atoms with Gasteiger partial charge >= 0.3 is 5.97 Å². The molecule has 37 heavy (non-hydrogen) atoms. The summed E-state index contributed by atoms with van der Waals surface area (Å²) in [6.45, 7) is 0.559. The van der Waals surface area contributed by atoms with Gasteiger partial charge in [-0.15, -0.1) is 0 Å². The number of hydrogen-bond acceptors (Lipinski definition) is 4. The van der Waals surface area contributed by atoms with Crippen LogP contribution in [0.1, 0.15) is 5.56 Å². The maximum absolute atomic E-state index is 12.9. The average molecular weight is 489 g/mol. The molecule has 1 aromatic heterocycles. The van der Waals surface area contributed by atoms with E-state index in [1.165, 1.54) is 0 Å². The number of ether oxygens (including phenoxy) is 2. The fraction of sp³-hybridized carbons (Fsp3) is 0.125. The van der Waals surface area contributed by atoms with Gasteiger partial charge in [-0.3, -0.25) is 9.48 Å². The van der Waals surface area contributed by atoms with Gasteiger partial charge in [0, 0.05) is 5.56 Å². The number of nitrogens with zero attached hydrogens (tertiary/aromatic N) is 2. The second-order valence-corrected chi connectivity index (χ2v) is 8.73. The molecular weight excluding hydrogens is 460 g/mol. The Morgan fingerprint density at radius 1 is 0.730 bits per heavy atom. The van der Waals surface area contributed by atoms with Crippen molar-refractivity contribution in [2.45, 2.75) is 19.1 Å². The predicted molar refractivity (Wildman–Crippen MR) is 145 cm³/mol. The van der Waals surface area contributed by atoms with Crippen molar-refractivity contribution in [3.63, 3.8) is 0 Å². The summed E-state index contributed by atoms with van der Waals surface area (Å²) in [6, 6.07) is 41.4. The van der Waals surface area contributed by atoms with E-state index in [0.29, 0.717) is 6.54 Å². The van der Waals surface area contributed by atoms with Gasteiger partial charge in [-0.1, -0.05) is 109 Å². The van der Waals surface area contributed by atoms with Crippen molar-refractivity contribution in [3.8, 4) is 28.3 Å². The average Bonchev–Trinajstić information content (AvgIpc) is 3.37. The molecule has 1 atom stereocenters. The van der Waals surface area contributed by atoms with Crippen LogP contribution in [0.3, 0.4) is 0 Å². The van der Waals surface area contributed by atoms with Crippen LogP contribution in [-0.2, 0) is 22.5 Å². The number of para-hydroxylation sites is 1. The summed E-state index contributed by atoms with van der Waals surface area (Å²) >= 11 is 0. The van der Waals surface area contributed by atoms with E-state index in [2.05, 4.69) is 18.2 Å². The molecule has 184 valence electrons. The largest absolute Gasteiger partial charge is 0.490 e. The minimum atomic E-state index is -0.539. The van der Waals surface area contributed by atoms with Crippen LogP contribution in [0.25, 0.3) is 22.5 Å². The van der Waals surface area contributed by atoms with E-state index in [0.717, 1.165) is 33.8 Å². The zero-order valence-electron chi connectivity index (χ0n) is 20.4. The number of benzene rings is 4. The number of carbonyl (C=O) groups is 1. The summed E-state index contributed by atoms with van der Waals surface area (Å²) in [5, 5.41) is 4.91. The Kier molecular flexibility index (Phi) is 7.72. The number of esters is 1. The first-order valence-electron chi connectivity index (χ1n) is 12.3. The summed E-state index contributed by atoms with van der Waals surface area (Å²) in [4.78, 5) is 12.9. The highest BCUT2D eigenvalue weighted by molar-refractivity contribution is 5.73. The zero-order valence-corrected chi connectivity index (χ0v) is 20.4. The number of aromatic nitrogens is 2. The van der Waals surface area contributed by atoms with Crippen LogP contribution in [0.5, 0.6) is 5.75 Å². The van der Waals surface area contributed by atoms with Crippen LogP contribution in [0, 0.1) is 0 Å². The standard InChI is InChI=1S/C32H28N2O3/c35-32(21-25-13-5-1-6-14-25)37-29(24-36-28-19-11-4-12-20-28)23-34-31(27-17-9-3-10-18-27)22-30(33-34)26-15-7-2-8-16-26/h1-20,22,29H,21,23-24H2. The third kappa shape index (κ3) is 6.53. The van der Waals surface area contributed by atoms with Crippen molar-refractivity contribution in [2.75, 3.05) is 6.61 Å². The molecule has 5 aromatic rings. The van der Waals surface area contributed by atoms with E-state index < -0.39 is 6.10 Å². The van der Waals surface area contributed by atoms with Crippen LogP contribution < -0.4 is 4.74 Å². The van der Waals surface area contributed by atoms with Gasteiger partial charge in [0.25, 0.3) is 0 Å². The van der Waals surface area contributed by atoms with E-state index in [4.69, 9.17) is 14.6 Å². The van der Waals surface area contributed by atoms with Gasteiger partial charge in [0.2, 0.25) is 0 Å². The quantitative estimate of drug-likeness (QED) is 0.212. The van der Waals surface area contributed by atoms with Crippen LogP contribution in [0.2, 0.25) is 0 Å².